The summed E-state index contributed by atoms with van der Waals surface area (Å²) in [4.78, 5) is 41.3. The van der Waals surface area contributed by atoms with Gasteiger partial charge in [0, 0.05) is 22.7 Å². The van der Waals surface area contributed by atoms with Crippen molar-refractivity contribution in [1.82, 2.24) is 15.2 Å². The Bertz CT molecular complexity index is 1080. The number of nitrogens with one attached hydrogen (secondary N) is 2. The monoisotopic (exact) mass is 363 g/mol. The Morgan fingerprint density at radius 3 is 2.74 bits per heavy atom. The van der Waals surface area contributed by atoms with E-state index in [4.69, 9.17) is 4.42 Å². The lowest BCUT2D eigenvalue weighted by Gasteiger charge is -2.25. The summed E-state index contributed by atoms with van der Waals surface area (Å²) < 4.78 is 5.20. The van der Waals surface area contributed by atoms with Crippen molar-refractivity contribution in [2.75, 3.05) is 0 Å². The highest BCUT2D eigenvalue weighted by atomic mass is 16.3. The Labute approximate surface area is 154 Å². The number of aryl methyl sites for hydroxylation is 1. The predicted octanol–water partition coefficient (Wildman–Crippen LogP) is 2.99. The van der Waals surface area contributed by atoms with Crippen molar-refractivity contribution in [1.29, 1.82) is 0 Å². The number of carbonyl (C=O) groups excluding carboxylic acids is 3. The number of benzene rings is 1. The molecule has 27 heavy (non-hydrogen) atoms. The van der Waals surface area contributed by atoms with E-state index in [1.807, 2.05) is 18.2 Å². The van der Waals surface area contributed by atoms with Crippen molar-refractivity contribution >= 4 is 34.8 Å². The Kier molecular flexibility index (Phi) is 4.12. The SMILES string of the molecule is CCc1cccc2c(/C=C3\C(=O)NC(=O)N(Cc4ccco4)C3=O)c[nH]c12. The Hall–Kier alpha value is -3.61. The first kappa shape index (κ1) is 16.8. The molecule has 2 N–H and O–H groups in total. The number of hydrogen-bond donors (Lipinski definition) is 2. The lowest BCUT2D eigenvalue weighted by atomic mass is 10.0. The zero-order chi connectivity index (χ0) is 19.0. The number of fused-ring (bicyclic) bond motifs is 1. The Morgan fingerprint density at radius 2 is 2.00 bits per heavy atom. The summed E-state index contributed by atoms with van der Waals surface area (Å²) in [5.74, 6) is -0.908. The molecule has 7 nitrogen and oxygen atoms in total. The van der Waals surface area contributed by atoms with E-state index in [9.17, 15) is 14.4 Å². The van der Waals surface area contributed by atoms with Gasteiger partial charge in [-0.2, -0.15) is 0 Å². The summed E-state index contributed by atoms with van der Waals surface area (Å²) in [6.07, 6.45) is 5.59. The van der Waals surface area contributed by atoms with Gasteiger partial charge in [-0.1, -0.05) is 25.1 Å². The highest BCUT2D eigenvalue weighted by Gasteiger charge is 2.36. The number of hydrogen-bond acceptors (Lipinski definition) is 4. The maximum atomic E-state index is 12.8. The van der Waals surface area contributed by atoms with E-state index in [-0.39, 0.29) is 12.1 Å². The standard InChI is InChI=1S/C20H17N3O4/c1-2-12-5-3-7-15-13(10-21-17(12)15)9-16-18(24)22-20(26)23(19(16)25)11-14-6-4-8-27-14/h3-10,21H,2,11H2,1H3,(H,22,24,26)/b16-9+. The van der Waals surface area contributed by atoms with Gasteiger partial charge in [0.2, 0.25) is 0 Å². The molecule has 3 aromatic rings. The molecule has 136 valence electrons. The summed E-state index contributed by atoms with van der Waals surface area (Å²) in [6, 6.07) is 8.46. The number of aromatic amines is 1. The van der Waals surface area contributed by atoms with Crippen LogP contribution in [0.3, 0.4) is 0 Å². The van der Waals surface area contributed by atoms with Crippen LogP contribution in [-0.4, -0.2) is 27.7 Å². The second-order valence-electron chi connectivity index (χ2n) is 6.23. The molecule has 0 saturated carbocycles. The molecule has 0 unspecified atom stereocenters. The number of H-pyrrole nitrogens is 1. The molecular formula is C20H17N3O4. The van der Waals surface area contributed by atoms with Gasteiger partial charge in [0.05, 0.1) is 12.8 Å². The highest BCUT2D eigenvalue weighted by Crippen LogP contribution is 2.25. The number of imide groups is 2. The fraction of sp³-hybridized carbons (Fsp3) is 0.150. The van der Waals surface area contributed by atoms with Gasteiger partial charge in [0.15, 0.2) is 0 Å². The molecule has 7 heteroatoms. The summed E-state index contributed by atoms with van der Waals surface area (Å²) in [6.45, 7) is 2.01. The normalized spacial score (nSPS) is 16.4. The molecule has 4 amide bonds. The number of barbiturate groups is 1. The van der Waals surface area contributed by atoms with Crippen LogP contribution in [0.4, 0.5) is 4.79 Å². The Balaban J connectivity index is 1.72. The van der Waals surface area contributed by atoms with Gasteiger partial charge in [-0.25, -0.2) is 4.79 Å². The number of rotatable bonds is 4. The summed E-state index contributed by atoms with van der Waals surface area (Å²) >= 11 is 0. The number of urea groups is 1. The average Bonchev–Trinajstić information content (AvgIpc) is 3.31. The molecule has 0 bridgehead atoms. The largest absolute Gasteiger partial charge is 0.467 e. The van der Waals surface area contributed by atoms with Crippen molar-refractivity contribution < 1.29 is 18.8 Å². The van der Waals surface area contributed by atoms with E-state index in [0.29, 0.717) is 11.3 Å². The second kappa shape index (κ2) is 6.60. The number of amides is 4. The Morgan fingerprint density at radius 1 is 1.15 bits per heavy atom. The summed E-state index contributed by atoms with van der Waals surface area (Å²) in [5, 5.41) is 3.13. The zero-order valence-electron chi connectivity index (χ0n) is 14.6. The van der Waals surface area contributed by atoms with Gasteiger partial charge in [-0.3, -0.25) is 19.8 Å². The van der Waals surface area contributed by atoms with Gasteiger partial charge in [-0.05, 0) is 30.2 Å². The van der Waals surface area contributed by atoms with Crippen LogP contribution >= 0.6 is 0 Å². The molecule has 1 fully saturated rings. The number of para-hydroxylation sites is 1. The minimum Gasteiger partial charge on any atom is -0.467 e. The van der Waals surface area contributed by atoms with E-state index in [0.717, 1.165) is 27.8 Å². The lowest BCUT2D eigenvalue weighted by molar-refractivity contribution is -0.130. The molecular weight excluding hydrogens is 346 g/mol. The molecule has 0 atom stereocenters. The fourth-order valence-corrected chi connectivity index (χ4v) is 3.20. The van der Waals surface area contributed by atoms with Gasteiger partial charge in [-0.15, -0.1) is 0 Å². The third kappa shape index (κ3) is 2.93. The maximum absolute atomic E-state index is 12.8. The summed E-state index contributed by atoms with van der Waals surface area (Å²) in [7, 11) is 0. The van der Waals surface area contributed by atoms with E-state index in [1.165, 1.54) is 12.3 Å². The van der Waals surface area contributed by atoms with Crippen LogP contribution < -0.4 is 5.32 Å². The van der Waals surface area contributed by atoms with Crippen molar-refractivity contribution in [2.45, 2.75) is 19.9 Å². The van der Waals surface area contributed by atoms with Gasteiger partial charge in [0.25, 0.3) is 11.8 Å². The van der Waals surface area contributed by atoms with Crippen molar-refractivity contribution in [3.8, 4) is 0 Å². The number of carbonyl (C=O) groups is 3. The molecule has 3 heterocycles. The molecule has 1 aromatic carbocycles. The maximum Gasteiger partial charge on any atom is 0.331 e. The van der Waals surface area contributed by atoms with Crippen LogP contribution in [0.1, 0.15) is 23.8 Å². The first-order chi connectivity index (χ1) is 13.1. The zero-order valence-corrected chi connectivity index (χ0v) is 14.6. The molecule has 0 aliphatic carbocycles. The summed E-state index contributed by atoms with van der Waals surface area (Å²) in [5.41, 5.74) is 2.74. The second-order valence-corrected chi connectivity index (χ2v) is 6.23. The van der Waals surface area contributed by atoms with Crippen LogP contribution in [0.5, 0.6) is 0 Å². The van der Waals surface area contributed by atoms with Crippen molar-refractivity contribution in [2.24, 2.45) is 0 Å². The molecule has 0 radical (unpaired) electrons. The quantitative estimate of drug-likeness (QED) is 0.550. The van der Waals surface area contributed by atoms with Crippen LogP contribution in [0.2, 0.25) is 0 Å². The topological polar surface area (TPSA) is 95.4 Å². The lowest BCUT2D eigenvalue weighted by Crippen LogP contribution is -2.53. The van der Waals surface area contributed by atoms with E-state index >= 15 is 0 Å². The highest BCUT2D eigenvalue weighted by molar-refractivity contribution is 6.31. The van der Waals surface area contributed by atoms with Gasteiger partial charge in [0.1, 0.15) is 11.3 Å². The van der Waals surface area contributed by atoms with Crippen molar-refractivity contribution in [3.63, 3.8) is 0 Å². The third-order valence-corrected chi connectivity index (χ3v) is 4.59. The van der Waals surface area contributed by atoms with Crippen LogP contribution in [0.25, 0.3) is 17.0 Å². The molecule has 4 rings (SSSR count). The van der Waals surface area contributed by atoms with Crippen LogP contribution in [-0.2, 0) is 22.6 Å². The van der Waals surface area contributed by atoms with Crippen LogP contribution in [0.15, 0.2) is 52.8 Å². The number of aromatic nitrogens is 1. The molecule has 1 aliphatic heterocycles. The molecule has 2 aromatic heterocycles. The minimum atomic E-state index is -0.759. The first-order valence-electron chi connectivity index (χ1n) is 8.58. The molecule has 0 spiro atoms. The molecule has 1 aliphatic rings. The third-order valence-electron chi connectivity index (χ3n) is 4.59. The van der Waals surface area contributed by atoms with Crippen molar-refractivity contribution in [3.05, 3.63) is 65.3 Å². The predicted molar refractivity (Wildman–Crippen MR) is 98.5 cm³/mol. The first-order valence-corrected chi connectivity index (χ1v) is 8.58. The molecule has 1 saturated heterocycles. The number of furan rings is 1. The van der Waals surface area contributed by atoms with E-state index < -0.39 is 17.8 Å². The minimum absolute atomic E-state index is 0.0455. The van der Waals surface area contributed by atoms with E-state index in [1.54, 1.807) is 18.3 Å². The van der Waals surface area contributed by atoms with Gasteiger partial charge >= 0.3 is 6.03 Å². The fourth-order valence-electron chi connectivity index (χ4n) is 3.20. The van der Waals surface area contributed by atoms with Crippen LogP contribution in [0, 0.1) is 0 Å². The average molecular weight is 363 g/mol. The number of nitrogens with zero attached hydrogens (tertiary/aromatic N) is 1. The smallest absolute Gasteiger partial charge is 0.331 e. The van der Waals surface area contributed by atoms with E-state index in [2.05, 4.69) is 17.2 Å². The van der Waals surface area contributed by atoms with Gasteiger partial charge < -0.3 is 9.40 Å².